The highest BCUT2D eigenvalue weighted by Gasteiger charge is 2.28. The van der Waals surface area contributed by atoms with E-state index in [-0.39, 0.29) is 22.1 Å². The van der Waals surface area contributed by atoms with Crippen LogP contribution in [0.1, 0.15) is 37.5 Å². The number of rotatable bonds is 8. The normalized spacial score (nSPS) is 11.9. The Kier molecular flexibility index (Phi) is 7.99. The fourth-order valence-electron chi connectivity index (χ4n) is 2.96. The van der Waals surface area contributed by atoms with Crippen molar-refractivity contribution in [2.45, 2.75) is 51.2 Å². The van der Waals surface area contributed by atoms with E-state index in [1.54, 1.807) is 42.1 Å². The molecule has 0 saturated carbocycles. The van der Waals surface area contributed by atoms with Gasteiger partial charge in [0.05, 0.1) is 10.6 Å². The predicted octanol–water partition coefficient (Wildman–Crippen LogP) is 4.46. The van der Waals surface area contributed by atoms with E-state index in [0.29, 0.717) is 12.2 Å². The summed E-state index contributed by atoms with van der Waals surface area (Å²) >= 11 is 1.75. The molecule has 1 N–H and O–H groups in total. The first kappa shape index (κ1) is 24.3. The number of aryl methyl sites for hydroxylation is 3. The van der Waals surface area contributed by atoms with Gasteiger partial charge in [0.2, 0.25) is 5.91 Å². The van der Waals surface area contributed by atoms with Gasteiger partial charge in [-0.05, 0) is 44.5 Å². The van der Waals surface area contributed by atoms with Crippen molar-refractivity contribution in [2.24, 2.45) is 0 Å². The van der Waals surface area contributed by atoms with E-state index in [4.69, 9.17) is 0 Å². The van der Waals surface area contributed by atoms with E-state index in [2.05, 4.69) is 26.1 Å². The first-order valence-corrected chi connectivity index (χ1v) is 12.4. The fraction of sp³-hybridized carbons (Fsp3) is 0.435. The molecule has 0 bridgehead atoms. The molecule has 5 nitrogen and oxygen atoms in total. The van der Waals surface area contributed by atoms with Gasteiger partial charge in [0.15, 0.2) is 0 Å². The maximum absolute atomic E-state index is 13.4. The van der Waals surface area contributed by atoms with Crippen molar-refractivity contribution in [2.75, 3.05) is 23.1 Å². The van der Waals surface area contributed by atoms with Crippen LogP contribution in [0.15, 0.2) is 47.4 Å². The zero-order valence-corrected chi connectivity index (χ0v) is 20.3. The van der Waals surface area contributed by atoms with Gasteiger partial charge in [-0.2, -0.15) is 11.8 Å². The number of sulfonamides is 1. The van der Waals surface area contributed by atoms with E-state index >= 15 is 0 Å². The van der Waals surface area contributed by atoms with E-state index in [0.717, 1.165) is 22.4 Å². The molecule has 0 unspecified atom stereocenters. The lowest BCUT2D eigenvalue weighted by Crippen LogP contribution is -2.41. The van der Waals surface area contributed by atoms with E-state index in [1.807, 2.05) is 32.9 Å². The maximum atomic E-state index is 13.4. The van der Waals surface area contributed by atoms with Crippen molar-refractivity contribution in [3.05, 3.63) is 59.2 Å². The summed E-state index contributed by atoms with van der Waals surface area (Å²) in [6, 6.07) is 12.2. The van der Waals surface area contributed by atoms with Gasteiger partial charge in [0.1, 0.15) is 6.54 Å². The Bertz CT molecular complexity index is 978. The molecule has 164 valence electrons. The number of nitrogens with zero attached hydrogens (tertiary/aromatic N) is 1. The molecule has 0 atom stereocenters. The summed E-state index contributed by atoms with van der Waals surface area (Å²) in [6.07, 6.45) is 0. The van der Waals surface area contributed by atoms with Gasteiger partial charge in [0.25, 0.3) is 10.0 Å². The molecule has 0 aliphatic rings. The highest BCUT2D eigenvalue weighted by Crippen LogP contribution is 2.28. The second kappa shape index (κ2) is 9.88. The summed E-state index contributed by atoms with van der Waals surface area (Å²) in [5.41, 5.74) is 3.33. The lowest BCUT2D eigenvalue weighted by molar-refractivity contribution is -0.119. The molecule has 0 radical (unpaired) electrons. The number of thioether (sulfide) groups is 1. The summed E-state index contributed by atoms with van der Waals surface area (Å²) < 4.78 is 28.2. The molecular formula is C23H32N2O3S2. The zero-order valence-electron chi connectivity index (χ0n) is 18.7. The number of benzene rings is 2. The second-order valence-electron chi connectivity index (χ2n) is 8.43. The van der Waals surface area contributed by atoms with Crippen LogP contribution >= 0.6 is 11.8 Å². The van der Waals surface area contributed by atoms with Crippen molar-refractivity contribution in [1.29, 1.82) is 0 Å². The quantitative estimate of drug-likeness (QED) is 0.606. The minimum atomic E-state index is -3.89. The van der Waals surface area contributed by atoms with E-state index < -0.39 is 10.0 Å². The van der Waals surface area contributed by atoms with Gasteiger partial charge in [0, 0.05) is 17.0 Å². The maximum Gasteiger partial charge on any atom is 0.264 e. The molecule has 0 heterocycles. The monoisotopic (exact) mass is 448 g/mol. The molecule has 0 fully saturated rings. The first-order valence-electron chi connectivity index (χ1n) is 9.97. The van der Waals surface area contributed by atoms with Crippen LogP contribution in [0.3, 0.4) is 0 Å². The molecule has 0 aromatic heterocycles. The van der Waals surface area contributed by atoms with Crippen molar-refractivity contribution in [3.63, 3.8) is 0 Å². The summed E-state index contributed by atoms with van der Waals surface area (Å²) in [7, 11) is -3.89. The van der Waals surface area contributed by atoms with Crippen LogP contribution in [0.5, 0.6) is 0 Å². The lowest BCUT2D eigenvalue weighted by atomic mass is 10.1. The minimum Gasteiger partial charge on any atom is -0.354 e. The van der Waals surface area contributed by atoms with Crippen molar-refractivity contribution in [3.8, 4) is 0 Å². The molecule has 1 amide bonds. The van der Waals surface area contributed by atoms with Crippen LogP contribution in [0.4, 0.5) is 5.69 Å². The Morgan fingerprint density at radius 2 is 1.60 bits per heavy atom. The van der Waals surface area contributed by atoms with Crippen LogP contribution in [-0.2, 0) is 14.8 Å². The summed E-state index contributed by atoms with van der Waals surface area (Å²) in [6.45, 7) is 12.3. The number of amides is 1. The minimum absolute atomic E-state index is 0.116. The van der Waals surface area contributed by atoms with Crippen LogP contribution in [-0.4, -0.2) is 37.9 Å². The second-order valence-corrected chi connectivity index (χ2v) is 12.2. The molecule has 2 rings (SSSR count). The molecule has 0 spiro atoms. The van der Waals surface area contributed by atoms with Gasteiger partial charge in [-0.25, -0.2) is 8.42 Å². The van der Waals surface area contributed by atoms with E-state index in [9.17, 15) is 13.2 Å². The highest BCUT2D eigenvalue weighted by molar-refractivity contribution is 8.00. The van der Waals surface area contributed by atoms with Crippen LogP contribution in [0, 0.1) is 20.8 Å². The summed E-state index contributed by atoms with van der Waals surface area (Å²) in [5.74, 6) is 0.448. The van der Waals surface area contributed by atoms with Crippen molar-refractivity contribution >= 4 is 33.4 Å². The van der Waals surface area contributed by atoms with Gasteiger partial charge in [-0.1, -0.05) is 56.2 Å². The van der Waals surface area contributed by atoms with E-state index in [1.165, 1.54) is 4.31 Å². The fourth-order valence-corrected chi connectivity index (χ4v) is 5.26. The van der Waals surface area contributed by atoms with Gasteiger partial charge in [-0.15, -0.1) is 0 Å². The molecule has 30 heavy (non-hydrogen) atoms. The van der Waals surface area contributed by atoms with Crippen molar-refractivity contribution in [1.82, 2.24) is 5.32 Å². The third kappa shape index (κ3) is 6.77. The first-order chi connectivity index (χ1) is 13.9. The zero-order chi connectivity index (χ0) is 22.5. The molecule has 0 saturated heterocycles. The molecule has 0 aliphatic carbocycles. The van der Waals surface area contributed by atoms with Crippen LogP contribution < -0.4 is 9.62 Å². The molecule has 0 aliphatic heterocycles. The van der Waals surface area contributed by atoms with Crippen molar-refractivity contribution < 1.29 is 13.2 Å². The Labute approximate surface area is 185 Å². The third-order valence-electron chi connectivity index (χ3n) is 4.48. The Hall–Kier alpha value is -1.99. The smallest absolute Gasteiger partial charge is 0.264 e. The number of carbonyl (C=O) groups is 1. The summed E-state index contributed by atoms with van der Waals surface area (Å²) in [5, 5.41) is 2.85. The Balaban J connectivity index is 2.28. The topological polar surface area (TPSA) is 66.5 Å². The predicted molar refractivity (Wildman–Crippen MR) is 127 cm³/mol. The van der Waals surface area contributed by atoms with Gasteiger partial charge in [-0.3, -0.25) is 9.10 Å². The largest absolute Gasteiger partial charge is 0.354 e. The average molecular weight is 449 g/mol. The van der Waals surface area contributed by atoms with Crippen LogP contribution in [0.2, 0.25) is 0 Å². The molecular weight excluding hydrogens is 416 g/mol. The standard InChI is InChI=1S/C23H32N2O3S2/c1-17-7-10-20(11-8-17)30(27,28)25(21-12-9-18(2)15-19(21)3)16-22(26)24-13-14-29-23(4,5)6/h7-12,15H,13-14,16H2,1-6H3,(H,24,26). The SMILES string of the molecule is Cc1ccc(S(=O)(=O)N(CC(=O)NCCSC(C)(C)C)c2ccc(C)cc2C)cc1. The van der Waals surface area contributed by atoms with Crippen LogP contribution in [0.25, 0.3) is 0 Å². The number of nitrogens with one attached hydrogen (secondary N) is 1. The number of hydrogen-bond donors (Lipinski definition) is 1. The van der Waals surface area contributed by atoms with Gasteiger partial charge < -0.3 is 5.32 Å². The Morgan fingerprint density at radius 3 is 2.17 bits per heavy atom. The number of anilines is 1. The Morgan fingerprint density at radius 1 is 1.00 bits per heavy atom. The third-order valence-corrected chi connectivity index (χ3v) is 7.52. The molecule has 7 heteroatoms. The molecule has 2 aromatic rings. The number of carbonyl (C=O) groups excluding carboxylic acids is 1. The summed E-state index contributed by atoms with van der Waals surface area (Å²) in [4.78, 5) is 12.8. The highest BCUT2D eigenvalue weighted by atomic mass is 32.2. The average Bonchev–Trinajstić information content (AvgIpc) is 2.63. The molecule has 2 aromatic carbocycles. The van der Waals surface area contributed by atoms with Gasteiger partial charge >= 0.3 is 0 Å². The lowest BCUT2D eigenvalue weighted by Gasteiger charge is -2.26. The number of hydrogen-bond acceptors (Lipinski definition) is 4.